The first-order chi connectivity index (χ1) is 10.2. The van der Waals surface area contributed by atoms with Gasteiger partial charge >= 0.3 is 0 Å². The van der Waals surface area contributed by atoms with E-state index in [1.165, 1.54) is 75.7 Å². The zero-order valence-electron chi connectivity index (χ0n) is 14.5. The Morgan fingerprint density at radius 1 is 0.905 bits per heavy atom. The Morgan fingerprint density at radius 2 is 1.57 bits per heavy atom. The smallest absolute Gasteiger partial charge is 0.0531 e. The first-order valence-corrected chi connectivity index (χ1v) is 11.5. The molecule has 0 spiro atoms. The minimum absolute atomic E-state index is 0.613. The van der Waals surface area contributed by atoms with Crippen LogP contribution in [0.5, 0.6) is 0 Å². The van der Waals surface area contributed by atoms with E-state index in [0.717, 1.165) is 16.4 Å². The van der Waals surface area contributed by atoms with Crippen LogP contribution < -0.4 is 0 Å². The van der Waals surface area contributed by atoms with Crippen molar-refractivity contribution in [2.75, 3.05) is 11.5 Å². The van der Waals surface area contributed by atoms with Crippen LogP contribution >= 0.6 is 23.5 Å². The van der Waals surface area contributed by atoms with Gasteiger partial charge in [0.1, 0.15) is 0 Å². The van der Waals surface area contributed by atoms with Crippen molar-refractivity contribution in [3.8, 4) is 0 Å². The summed E-state index contributed by atoms with van der Waals surface area (Å²) in [6, 6.07) is 0. The quantitative estimate of drug-likeness (QED) is 0.462. The molecule has 0 atom stereocenters. The first-order valence-electron chi connectivity index (χ1n) is 9.40. The molecule has 0 aromatic rings. The minimum atomic E-state index is 0.613. The molecule has 0 nitrogen and oxygen atoms in total. The van der Waals surface area contributed by atoms with Gasteiger partial charge in [0, 0.05) is 11.5 Å². The third kappa shape index (κ3) is 5.68. The summed E-state index contributed by atoms with van der Waals surface area (Å²) in [5.41, 5.74) is 0.613. The van der Waals surface area contributed by atoms with Crippen molar-refractivity contribution in [3.05, 3.63) is 0 Å². The lowest BCUT2D eigenvalue weighted by molar-refractivity contribution is 0.268. The fourth-order valence-corrected chi connectivity index (χ4v) is 7.50. The summed E-state index contributed by atoms with van der Waals surface area (Å²) in [6.45, 7) is 7.16. The van der Waals surface area contributed by atoms with Crippen LogP contribution in [0.15, 0.2) is 0 Å². The molecule has 1 saturated heterocycles. The predicted octanol–water partition coefficient (Wildman–Crippen LogP) is 6.99. The van der Waals surface area contributed by atoms with Crippen LogP contribution in [-0.2, 0) is 0 Å². The fraction of sp³-hybridized carbons (Fsp3) is 1.00. The molecule has 2 aliphatic rings. The summed E-state index contributed by atoms with van der Waals surface area (Å²) >= 11 is 4.58. The Kier molecular flexibility index (Phi) is 7.83. The van der Waals surface area contributed by atoms with Gasteiger partial charge in [-0.1, -0.05) is 65.7 Å². The molecule has 124 valence electrons. The van der Waals surface area contributed by atoms with Gasteiger partial charge in [-0.2, -0.15) is 0 Å². The Labute approximate surface area is 142 Å². The molecule has 0 aromatic carbocycles. The molecule has 0 amide bonds. The second kappa shape index (κ2) is 9.11. The number of thioether (sulfide) groups is 2. The average Bonchev–Trinajstić information content (AvgIpc) is 2.53. The molecule has 2 fully saturated rings. The molecule has 2 heteroatoms. The Balaban J connectivity index is 1.63. The Hall–Kier alpha value is 0.700. The lowest BCUT2D eigenvalue weighted by Crippen LogP contribution is -2.32. The first kappa shape index (κ1) is 18.0. The summed E-state index contributed by atoms with van der Waals surface area (Å²) < 4.78 is 0.922. The van der Waals surface area contributed by atoms with Crippen molar-refractivity contribution in [2.24, 2.45) is 17.3 Å². The molecule has 1 aliphatic carbocycles. The van der Waals surface area contributed by atoms with Crippen LogP contribution in [0.2, 0.25) is 0 Å². The van der Waals surface area contributed by atoms with Crippen molar-refractivity contribution in [1.29, 1.82) is 0 Å². The largest absolute Gasteiger partial charge is 0.147 e. The zero-order chi connectivity index (χ0) is 15.1. The van der Waals surface area contributed by atoms with E-state index >= 15 is 0 Å². The maximum Gasteiger partial charge on any atom is 0.0531 e. The average molecular weight is 329 g/mol. The Morgan fingerprint density at radius 3 is 2.14 bits per heavy atom. The predicted molar refractivity (Wildman–Crippen MR) is 101 cm³/mol. The monoisotopic (exact) mass is 328 g/mol. The van der Waals surface area contributed by atoms with E-state index in [1.807, 2.05) is 0 Å². The van der Waals surface area contributed by atoms with Gasteiger partial charge in [0.2, 0.25) is 0 Å². The summed E-state index contributed by atoms with van der Waals surface area (Å²) in [4.78, 5) is 0. The highest BCUT2D eigenvalue weighted by Gasteiger charge is 2.35. The van der Waals surface area contributed by atoms with Crippen LogP contribution in [0.25, 0.3) is 0 Å². The van der Waals surface area contributed by atoms with Crippen LogP contribution in [0.3, 0.4) is 0 Å². The number of hydrogen-bond acceptors (Lipinski definition) is 2. The normalized spacial score (nSPS) is 37.6. The van der Waals surface area contributed by atoms with Crippen LogP contribution in [0.1, 0.15) is 85.0 Å². The second-order valence-corrected chi connectivity index (χ2v) is 10.3. The van der Waals surface area contributed by atoms with Crippen molar-refractivity contribution in [1.82, 2.24) is 0 Å². The molecule has 1 saturated carbocycles. The van der Waals surface area contributed by atoms with Gasteiger partial charge in [-0.15, -0.1) is 23.5 Å². The van der Waals surface area contributed by atoms with Gasteiger partial charge in [0.15, 0.2) is 0 Å². The van der Waals surface area contributed by atoms with E-state index in [4.69, 9.17) is 0 Å². The molecule has 1 heterocycles. The minimum Gasteiger partial charge on any atom is -0.147 e. The second-order valence-electron chi connectivity index (χ2n) is 7.78. The highest BCUT2D eigenvalue weighted by Crippen LogP contribution is 2.49. The standard InChI is InChI=1S/C19H36S2/c1-4-6-7-8-9-16-10-12-17(13-11-16)18-20-14-19(3,5-2)15-21-18/h16-18H,4-15H2,1-3H3/t16?,17?,18-,19-. The van der Waals surface area contributed by atoms with Gasteiger partial charge in [0.25, 0.3) is 0 Å². The van der Waals surface area contributed by atoms with Gasteiger partial charge < -0.3 is 0 Å². The topological polar surface area (TPSA) is 0 Å². The molecular weight excluding hydrogens is 292 g/mol. The maximum atomic E-state index is 2.48. The third-order valence-electron chi connectivity index (χ3n) is 5.79. The van der Waals surface area contributed by atoms with Gasteiger partial charge in [-0.3, -0.25) is 0 Å². The molecule has 0 aromatic heterocycles. The molecule has 0 bridgehead atoms. The van der Waals surface area contributed by atoms with Crippen molar-refractivity contribution in [3.63, 3.8) is 0 Å². The summed E-state index contributed by atoms with van der Waals surface area (Å²) in [5.74, 6) is 4.89. The van der Waals surface area contributed by atoms with Crippen molar-refractivity contribution < 1.29 is 0 Å². The lowest BCUT2D eigenvalue weighted by atomic mass is 9.80. The number of rotatable bonds is 7. The van der Waals surface area contributed by atoms with E-state index in [9.17, 15) is 0 Å². The van der Waals surface area contributed by atoms with Gasteiger partial charge in [-0.25, -0.2) is 0 Å². The SMILES string of the molecule is CCCCCCC1CCC([C@H]2SC[C@](C)(CC)CS2)CC1. The molecule has 2 rings (SSSR count). The molecule has 0 unspecified atom stereocenters. The summed E-state index contributed by atoms with van der Waals surface area (Å²) in [5, 5.41) is 0. The molecular formula is C19H36S2. The summed E-state index contributed by atoms with van der Waals surface area (Å²) in [7, 11) is 0. The van der Waals surface area contributed by atoms with E-state index in [0.29, 0.717) is 5.41 Å². The van der Waals surface area contributed by atoms with E-state index in [1.54, 1.807) is 0 Å². The van der Waals surface area contributed by atoms with Crippen LogP contribution in [0, 0.1) is 17.3 Å². The van der Waals surface area contributed by atoms with Crippen LogP contribution in [-0.4, -0.2) is 16.1 Å². The fourth-order valence-electron chi connectivity index (χ4n) is 3.74. The van der Waals surface area contributed by atoms with Gasteiger partial charge in [-0.05, 0) is 36.5 Å². The molecule has 1 aliphatic heterocycles. The van der Waals surface area contributed by atoms with Crippen molar-refractivity contribution in [2.45, 2.75) is 89.6 Å². The molecule has 21 heavy (non-hydrogen) atoms. The van der Waals surface area contributed by atoms with E-state index in [-0.39, 0.29) is 0 Å². The lowest BCUT2D eigenvalue weighted by Gasteiger charge is -2.41. The van der Waals surface area contributed by atoms with Crippen LogP contribution in [0.4, 0.5) is 0 Å². The van der Waals surface area contributed by atoms with E-state index in [2.05, 4.69) is 44.3 Å². The highest BCUT2D eigenvalue weighted by atomic mass is 32.2. The number of hydrogen-bond donors (Lipinski definition) is 0. The van der Waals surface area contributed by atoms with Gasteiger partial charge in [0.05, 0.1) is 4.58 Å². The molecule has 0 radical (unpaired) electrons. The highest BCUT2D eigenvalue weighted by molar-refractivity contribution is 8.17. The van der Waals surface area contributed by atoms with E-state index < -0.39 is 0 Å². The zero-order valence-corrected chi connectivity index (χ0v) is 16.2. The molecule has 0 N–H and O–H groups in total. The summed E-state index contributed by atoms with van der Waals surface area (Å²) in [6.07, 6.45) is 14.7. The number of unbranched alkanes of at least 4 members (excludes halogenated alkanes) is 3. The maximum absolute atomic E-state index is 2.48. The Bertz CT molecular complexity index is 273. The third-order valence-corrected chi connectivity index (χ3v) is 9.76. The van der Waals surface area contributed by atoms with Crippen molar-refractivity contribution >= 4 is 23.5 Å².